The van der Waals surface area contributed by atoms with Crippen molar-refractivity contribution in [1.82, 2.24) is 0 Å². The fourth-order valence-corrected chi connectivity index (χ4v) is 3.89. The van der Waals surface area contributed by atoms with Crippen LogP contribution in [-0.2, 0) is 16.8 Å². The highest BCUT2D eigenvalue weighted by atomic mass is 16.5. The second-order valence-corrected chi connectivity index (χ2v) is 7.54. The van der Waals surface area contributed by atoms with Crippen molar-refractivity contribution in [2.45, 2.75) is 37.8 Å². The molecule has 2 aliphatic rings. The number of aliphatic imine (C=N–C) groups is 1. The van der Waals surface area contributed by atoms with E-state index < -0.39 is 5.60 Å². The molecule has 2 aromatic rings. The summed E-state index contributed by atoms with van der Waals surface area (Å²) >= 11 is 0. The number of fused-ring (bicyclic) bond motifs is 1. The fourth-order valence-electron chi connectivity index (χ4n) is 3.89. The van der Waals surface area contributed by atoms with Crippen LogP contribution in [0, 0.1) is 5.92 Å². The lowest BCUT2D eigenvalue weighted by atomic mass is 9.70. The average Bonchev–Trinajstić information content (AvgIpc) is 2.96. The molecule has 3 heteroatoms. The van der Waals surface area contributed by atoms with E-state index in [1.165, 1.54) is 5.56 Å². The third-order valence-corrected chi connectivity index (χ3v) is 5.06. The minimum Gasteiger partial charge on any atom is -0.478 e. The van der Waals surface area contributed by atoms with Gasteiger partial charge in [0.1, 0.15) is 12.2 Å². The van der Waals surface area contributed by atoms with Gasteiger partial charge in [0.05, 0.1) is 5.54 Å². The zero-order chi connectivity index (χ0) is 16.8. The summed E-state index contributed by atoms with van der Waals surface area (Å²) in [5.41, 5.74) is 1.94. The van der Waals surface area contributed by atoms with Crippen LogP contribution in [0.25, 0.3) is 0 Å². The minimum absolute atomic E-state index is 0.104. The van der Waals surface area contributed by atoms with Crippen molar-refractivity contribution in [2.24, 2.45) is 10.9 Å². The Kier molecular flexibility index (Phi) is 3.50. The molecular weight excluding hydrogens is 298 g/mol. The Morgan fingerprint density at radius 3 is 2.46 bits per heavy atom. The number of ether oxygens (including phenoxy) is 1. The molecule has 0 amide bonds. The Morgan fingerprint density at radius 2 is 1.75 bits per heavy atom. The van der Waals surface area contributed by atoms with Crippen LogP contribution in [0.3, 0.4) is 0 Å². The maximum absolute atomic E-state index is 11.6. The molecule has 0 bridgehead atoms. The summed E-state index contributed by atoms with van der Waals surface area (Å²) in [7, 11) is 0. The van der Waals surface area contributed by atoms with E-state index in [4.69, 9.17) is 9.73 Å². The van der Waals surface area contributed by atoms with Gasteiger partial charge in [-0.05, 0) is 43.4 Å². The van der Waals surface area contributed by atoms with Crippen molar-refractivity contribution in [3.05, 3.63) is 71.3 Å². The molecule has 0 fully saturated rings. The van der Waals surface area contributed by atoms with Crippen molar-refractivity contribution in [2.75, 3.05) is 6.61 Å². The maximum Gasteiger partial charge on any atom is 0.187 e. The summed E-state index contributed by atoms with van der Waals surface area (Å²) < 4.78 is 5.89. The average molecular weight is 321 g/mol. The molecule has 0 spiro atoms. The van der Waals surface area contributed by atoms with Gasteiger partial charge in [-0.25, -0.2) is 4.99 Å². The van der Waals surface area contributed by atoms with E-state index in [1.54, 1.807) is 0 Å². The van der Waals surface area contributed by atoms with Crippen LogP contribution in [0.5, 0.6) is 0 Å². The molecule has 2 aromatic carbocycles. The highest BCUT2D eigenvalue weighted by Gasteiger charge is 2.43. The molecule has 124 valence electrons. The Hall–Kier alpha value is -2.13. The molecule has 0 aromatic heterocycles. The van der Waals surface area contributed by atoms with E-state index in [2.05, 4.69) is 19.9 Å². The first-order chi connectivity index (χ1) is 11.5. The lowest BCUT2D eigenvalue weighted by molar-refractivity contribution is 0.0493. The van der Waals surface area contributed by atoms with Crippen molar-refractivity contribution in [3.63, 3.8) is 0 Å². The third-order valence-electron chi connectivity index (χ3n) is 5.06. The Balaban J connectivity index is 1.79. The molecule has 1 N–H and O–H groups in total. The van der Waals surface area contributed by atoms with Gasteiger partial charge in [0.15, 0.2) is 5.90 Å². The van der Waals surface area contributed by atoms with E-state index in [-0.39, 0.29) is 11.5 Å². The van der Waals surface area contributed by atoms with Gasteiger partial charge in [0.25, 0.3) is 0 Å². The number of aliphatic hydroxyl groups is 1. The highest BCUT2D eigenvalue weighted by molar-refractivity contribution is 5.82. The van der Waals surface area contributed by atoms with Gasteiger partial charge in [-0.3, -0.25) is 0 Å². The van der Waals surface area contributed by atoms with Gasteiger partial charge >= 0.3 is 0 Å². The summed E-state index contributed by atoms with van der Waals surface area (Å²) in [5, 5.41) is 11.6. The molecule has 1 aliphatic heterocycles. The molecule has 1 aliphatic carbocycles. The molecule has 2 unspecified atom stereocenters. The Bertz CT molecular complexity index is 781. The Morgan fingerprint density at radius 1 is 1.04 bits per heavy atom. The molecule has 4 rings (SSSR count). The van der Waals surface area contributed by atoms with E-state index in [0.29, 0.717) is 13.0 Å². The lowest BCUT2D eigenvalue weighted by Gasteiger charge is -2.38. The van der Waals surface area contributed by atoms with Crippen LogP contribution in [0.15, 0.2) is 59.6 Å². The van der Waals surface area contributed by atoms with Crippen LogP contribution in [-0.4, -0.2) is 23.2 Å². The number of hydrogen-bond donors (Lipinski definition) is 1. The summed E-state index contributed by atoms with van der Waals surface area (Å²) in [5.74, 6) is 0.899. The fraction of sp³-hybridized carbons (Fsp3) is 0.381. The van der Waals surface area contributed by atoms with Crippen LogP contribution >= 0.6 is 0 Å². The van der Waals surface area contributed by atoms with Crippen molar-refractivity contribution in [3.8, 4) is 0 Å². The predicted octanol–water partition coefficient (Wildman–Crippen LogP) is 3.69. The van der Waals surface area contributed by atoms with Crippen LogP contribution in [0.2, 0.25) is 0 Å². The molecule has 0 saturated heterocycles. The van der Waals surface area contributed by atoms with Gasteiger partial charge in [-0.15, -0.1) is 0 Å². The lowest BCUT2D eigenvalue weighted by Crippen LogP contribution is -2.38. The van der Waals surface area contributed by atoms with Gasteiger partial charge in [-0.2, -0.15) is 0 Å². The number of hydrogen-bond acceptors (Lipinski definition) is 3. The normalized spacial score (nSPS) is 28.0. The SMILES string of the molecule is CC1(C)COC(C2Cc3ccccc3C(O)(c3ccccc3)C2)=N1. The molecule has 0 radical (unpaired) electrons. The summed E-state index contributed by atoms with van der Waals surface area (Å²) in [4.78, 5) is 4.76. The summed E-state index contributed by atoms with van der Waals surface area (Å²) in [6, 6.07) is 18.1. The topological polar surface area (TPSA) is 41.8 Å². The minimum atomic E-state index is -1.00. The number of nitrogens with zero attached hydrogens (tertiary/aromatic N) is 1. The maximum atomic E-state index is 11.6. The van der Waals surface area contributed by atoms with Crippen molar-refractivity contribution in [1.29, 1.82) is 0 Å². The molecule has 2 atom stereocenters. The first kappa shape index (κ1) is 15.4. The molecule has 3 nitrogen and oxygen atoms in total. The molecule has 24 heavy (non-hydrogen) atoms. The van der Waals surface area contributed by atoms with Crippen LogP contribution in [0.1, 0.15) is 37.0 Å². The van der Waals surface area contributed by atoms with Gasteiger partial charge in [0.2, 0.25) is 0 Å². The number of benzene rings is 2. The largest absolute Gasteiger partial charge is 0.478 e. The van der Waals surface area contributed by atoms with Crippen molar-refractivity contribution >= 4 is 5.90 Å². The zero-order valence-corrected chi connectivity index (χ0v) is 14.2. The van der Waals surface area contributed by atoms with Gasteiger partial charge in [0, 0.05) is 5.92 Å². The summed E-state index contributed by atoms with van der Waals surface area (Å²) in [6.07, 6.45) is 1.46. The first-order valence-corrected chi connectivity index (χ1v) is 8.57. The zero-order valence-electron chi connectivity index (χ0n) is 14.2. The van der Waals surface area contributed by atoms with E-state index >= 15 is 0 Å². The second-order valence-electron chi connectivity index (χ2n) is 7.54. The van der Waals surface area contributed by atoms with E-state index in [0.717, 1.165) is 23.4 Å². The van der Waals surface area contributed by atoms with Gasteiger partial charge in [-0.1, -0.05) is 54.6 Å². The van der Waals surface area contributed by atoms with E-state index in [1.807, 2.05) is 48.5 Å². The number of rotatable bonds is 2. The summed E-state index contributed by atoms with van der Waals surface area (Å²) in [6.45, 7) is 4.78. The smallest absolute Gasteiger partial charge is 0.187 e. The molecule has 0 saturated carbocycles. The first-order valence-electron chi connectivity index (χ1n) is 8.57. The standard InChI is InChI=1S/C21H23NO2/c1-20(2)14-24-19(22-20)16-12-15-8-6-7-11-18(15)21(23,13-16)17-9-4-3-5-10-17/h3-11,16,23H,12-14H2,1-2H3. The molecular formula is C21H23NO2. The van der Waals surface area contributed by atoms with Crippen molar-refractivity contribution < 1.29 is 9.84 Å². The van der Waals surface area contributed by atoms with Crippen LogP contribution < -0.4 is 0 Å². The quantitative estimate of drug-likeness (QED) is 0.916. The highest BCUT2D eigenvalue weighted by Crippen LogP contribution is 2.44. The second kappa shape index (κ2) is 5.45. The third kappa shape index (κ3) is 2.53. The Labute approximate surface area is 143 Å². The van der Waals surface area contributed by atoms with Gasteiger partial charge < -0.3 is 9.84 Å². The molecule has 1 heterocycles. The van der Waals surface area contributed by atoms with E-state index in [9.17, 15) is 5.11 Å². The van der Waals surface area contributed by atoms with Crippen LogP contribution in [0.4, 0.5) is 0 Å². The predicted molar refractivity (Wildman–Crippen MR) is 95.2 cm³/mol. The monoisotopic (exact) mass is 321 g/mol.